The van der Waals surface area contributed by atoms with Gasteiger partial charge >= 0.3 is 0 Å². The average molecular weight is 376 g/mol. The number of carbonyl (C=O) groups is 1. The number of ether oxygens (including phenoxy) is 1. The first-order chi connectivity index (χ1) is 12.6. The molecule has 4 nitrogen and oxygen atoms in total. The Morgan fingerprint density at radius 1 is 1.23 bits per heavy atom. The topological polar surface area (TPSA) is 41.6 Å². The van der Waals surface area contributed by atoms with Gasteiger partial charge in [0.2, 0.25) is 0 Å². The van der Waals surface area contributed by atoms with Gasteiger partial charge in [0.15, 0.2) is 0 Å². The predicted molar refractivity (Wildman–Crippen MR) is 102 cm³/mol. The van der Waals surface area contributed by atoms with Crippen molar-refractivity contribution in [1.29, 1.82) is 0 Å². The fraction of sp³-hybridized carbons (Fsp3) is 0.450. The number of rotatable bonds is 7. The van der Waals surface area contributed by atoms with Gasteiger partial charge in [-0.15, -0.1) is 11.3 Å². The molecule has 1 saturated heterocycles. The van der Waals surface area contributed by atoms with Crippen molar-refractivity contribution in [3.05, 3.63) is 52.0 Å². The maximum Gasteiger partial charge on any atom is 0.261 e. The second-order valence-corrected chi connectivity index (χ2v) is 7.94. The highest BCUT2D eigenvalue weighted by molar-refractivity contribution is 7.13. The Hall–Kier alpha value is -1.92. The van der Waals surface area contributed by atoms with Crippen molar-refractivity contribution in [1.82, 2.24) is 10.2 Å². The fourth-order valence-electron chi connectivity index (χ4n) is 3.12. The summed E-state index contributed by atoms with van der Waals surface area (Å²) >= 11 is 1.54. The van der Waals surface area contributed by atoms with Gasteiger partial charge in [-0.3, -0.25) is 4.79 Å². The molecule has 1 aromatic carbocycles. The van der Waals surface area contributed by atoms with Crippen LogP contribution in [0.25, 0.3) is 0 Å². The van der Waals surface area contributed by atoms with Crippen LogP contribution in [0.15, 0.2) is 36.4 Å². The number of benzene rings is 1. The zero-order chi connectivity index (χ0) is 18.4. The van der Waals surface area contributed by atoms with Crippen LogP contribution in [-0.2, 0) is 0 Å². The van der Waals surface area contributed by atoms with E-state index in [2.05, 4.69) is 10.2 Å². The summed E-state index contributed by atoms with van der Waals surface area (Å²) in [7, 11) is 0. The lowest BCUT2D eigenvalue weighted by atomic mass is 10.0. The number of hydrogen-bond donors (Lipinski definition) is 1. The van der Waals surface area contributed by atoms with Crippen molar-refractivity contribution in [3.8, 4) is 5.75 Å². The van der Waals surface area contributed by atoms with Gasteiger partial charge in [-0.2, -0.15) is 0 Å². The number of piperidine rings is 1. The lowest BCUT2D eigenvalue weighted by Crippen LogP contribution is -2.44. The lowest BCUT2D eigenvalue weighted by Gasteiger charge is -2.32. The van der Waals surface area contributed by atoms with E-state index in [1.165, 1.54) is 12.1 Å². The molecule has 1 aliphatic heterocycles. The summed E-state index contributed by atoms with van der Waals surface area (Å²) in [5.74, 6) is 0.507. The highest BCUT2D eigenvalue weighted by Gasteiger charge is 2.21. The first-order valence-electron chi connectivity index (χ1n) is 9.08. The zero-order valence-electron chi connectivity index (χ0n) is 15.0. The van der Waals surface area contributed by atoms with E-state index in [1.54, 1.807) is 23.5 Å². The first kappa shape index (κ1) is 18.9. The zero-order valence-corrected chi connectivity index (χ0v) is 15.9. The standard InChI is InChI=1S/C20H25FN2O2S/c1-15-3-8-19(26-15)20(24)22-17-9-12-23(13-10-17)11-2-14-25-18-6-4-16(21)5-7-18/h3-8,17H,2,9-14H2,1H3,(H,22,24). The smallest absolute Gasteiger partial charge is 0.261 e. The molecule has 140 valence electrons. The van der Waals surface area contributed by atoms with Crippen molar-refractivity contribution < 1.29 is 13.9 Å². The number of nitrogens with zero attached hydrogens (tertiary/aromatic N) is 1. The lowest BCUT2D eigenvalue weighted by molar-refractivity contribution is 0.0913. The van der Waals surface area contributed by atoms with Crippen molar-refractivity contribution in [2.24, 2.45) is 0 Å². The minimum Gasteiger partial charge on any atom is -0.494 e. The molecule has 0 radical (unpaired) electrons. The normalized spacial score (nSPS) is 15.8. The second-order valence-electron chi connectivity index (χ2n) is 6.66. The highest BCUT2D eigenvalue weighted by Crippen LogP contribution is 2.17. The van der Waals surface area contributed by atoms with Crippen molar-refractivity contribution in [3.63, 3.8) is 0 Å². The number of nitrogens with one attached hydrogen (secondary N) is 1. The Kier molecular flexibility index (Phi) is 6.63. The number of likely N-dealkylation sites (tertiary alicyclic amines) is 1. The molecule has 0 spiro atoms. The molecule has 0 unspecified atom stereocenters. The van der Waals surface area contributed by atoms with Gasteiger partial charge < -0.3 is 15.0 Å². The fourth-order valence-corrected chi connectivity index (χ4v) is 3.89. The summed E-state index contributed by atoms with van der Waals surface area (Å²) in [6, 6.07) is 10.3. The summed E-state index contributed by atoms with van der Waals surface area (Å²) < 4.78 is 18.5. The number of carbonyl (C=O) groups excluding carboxylic acids is 1. The Bertz CT molecular complexity index is 709. The van der Waals surface area contributed by atoms with Gasteiger partial charge in [-0.25, -0.2) is 4.39 Å². The van der Waals surface area contributed by atoms with Crippen LogP contribution in [-0.4, -0.2) is 43.1 Å². The SMILES string of the molecule is Cc1ccc(C(=O)NC2CCN(CCCOc3ccc(F)cc3)CC2)s1. The number of halogens is 1. The highest BCUT2D eigenvalue weighted by atomic mass is 32.1. The van der Waals surface area contributed by atoms with E-state index in [4.69, 9.17) is 4.74 Å². The summed E-state index contributed by atoms with van der Waals surface area (Å²) in [5, 5.41) is 3.15. The van der Waals surface area contributed by atoms with Gasteiger partial charge in [-0.05, 0) is 62.6 Å². The average Bonchev–Trinajstić information content (AvgIpc) is 3.08. The summed E-state index contributed by atoms with van der Waals surface area (Å²) in [4.78, 5) is 16.6. The van der Waals surface area contributed by atoms with E-state index in [0.29, 0.717) is 12.4 Å². The van der Waals surface area contributed by atoms with E-state index in [9.17, 15) is 9.18 Å². The second kappa shape index (κ2) is 9.14. The molecule has 0 atom stereocenters. The van der Waals surface area contributed by atoms with Crippen LogP contribution in [0.3, 0.4) is 0 Å². The number of hydrogen-bond acceptors (Lipinski definition) is 4. The van der Waals surface area contributed by atoms with Crippen molar-refractivity contribution in [2.75, 3.05) is 26.2 Å². The molecule has 1 N–H and O–H groups in total. The van der Waals surface area contributed by atoms with Crippen LogP contribution in [0.1, 0.15) is 33.8 Å². The van der Waals surface area contributed by atoms with Crippen molar-refractivity contribution >= 4 is 17.2 Å². The molecule has 26 heavy (non-hydrogen) atoms. The summed E-state index contributed by atoms with van der Waals surface area (Å²) in [6.45, 7) is 5.60. The molecular weight excluding hydrogens is 351 g/mol. The van der Waals surface area contributed by atoms with E-state index >= 15 is 0 Å². The molecule has 0 bridgehead atoms. The van der Waals surface area contributed by atoms with Crippen LogP contribution in [0.4, 0.5) is 4.39 Å². The van der Waals surface area contributed by atoms with Crippen LogP contribution >= 0.6 is 11.3 Å². The quantitative estimate of drug-likeness (QED) is 0.746. The molecule has 1 aromatic heterocycles. The molecule has 6 heteroatoms. The van der Waals surface area contributed by atoms with Gasteiger partial charge in [0, 0.05) is 30.6 Å². The molecule has 2 heterocycles. The summed E-state index contributed by atoms with van der Waals surface area (Å²) in [6.07, 6.45) is 2.90. The van der Waals surface area contributed by atoms with Gasteiger partial charge in [-0.1, -0.05) is 0 Å². The number of aryl methyl sites for hydroxylation is 1. The van der Waals surface area contributed by atoms with Gasteiger partial charge in [0.25, 0.3) is 5.91 Å². The van der Waals surface area contributed by atoms with E-state index in [-0.39, 0.29) is 17.8 Å². The Morgan fingerprint density at radius 2 is 1.96 bits per heavy atom. The first-order valence-corrected chi connectivity index (χ1v) is 9.90. The van der Waals surface area contributed by atoms with Crippen LogP contribution in [0.5, 0.6) is 5.75 Å². The molecular formula is C20H25FN2O2S. The maximum absolute atomic E-state index is 12.8. The molecule has 0 saturated carbocycles. The molecule has 0 aliphatic carbocycles. The van der Waals surface area contributed by atoms with Crippen molar-refractivity contribution in [2.45, 2.75) is 32.2 Å². The van der Waals surface area contributed by atoms with Gasteiger partial charge in [0.05, 0.1) is 11.5 Å². The third-order valence-electron chi connectivity index (χ3n) is 4.59. The molecule has 3 rings (SSSR count). The molecule has 1 amide bonds. The largest absolute Gasteiger partial charge is 0.494 e. The number of amides is 1. The summed E-state index contributed by atoms with van der Waals surface area (Å²) in [5.41, 5.74) is 0. The Morgan fingerprint density at radius 3 is 2.62 bits per heavy atom. The Balaban J connectivity index is 1.31. The minimum atomic E-state index is -0.249. The molecule has 1 aliphatic rings. The minimum absolute atomic E-state index is 0.0502. The third-order valence-corrected chi connectivity index (χ3v) is 5.59. The molecule has 2 aromatic rings. The molecule has 1 fully saturated rings. The van der Waals surface area contributed by atoms with Crippen LogP contribution < -0.4 is 10.1 Å². The Labute approximate surface area is 158 Å². The van der Waals surface area contributed by atoms with E-state index in [1.807, 2.05) is 19.1 Å². The van der Waals surface area contributed by atoms with Crippen LogP contribution in [0, 0.1) is 12.7 Å². The van der Waals surface area contributed by atoms with E-state index < -0.39 is 0 Å². The number of thiophene rings is 1. The predicted octanol–water partition coefficient (Wildman–Crippen LogP) is 3.86. The van der Waals surface area contributed by atoms with Gasteiger partial charge in [0.1, 0.15) is 11.6 Å². The third kappa shape index (κ3) is 5.54. The van der Waals surface area contributed by atoms with E-state index in [0.717, 1.165) is 48.7 Å². The van der Waals surface area contributed by atoms with Crippen LogP contribution in [0.2, 0.25) is 0 Å². The maximum atomic E-state index is 12.8. The monoisotopic (exact) mass is 376 g/mol.